The Morgan fingerprint density at radius 1 is 0.421 bits per heavy atom. The van der Waals surface area contributed by atoms with E-state index in [-0.39, 0.29) is 31.6 Å². The second-order valence-electron chi connectivity index (χ2n) is 14.0. The largest absolute Gasteiger partial charge is 0.462 e. The Labute approximate surface area is 349 Å². The predicted molar refractivity (Wildman–Crippen MR) is 246 cm³/mol. The Kier molecular flexibility index (Phi) is 43.2. The molecule has 0 fully saturated rings. The van der Waals surface area contributed by atoms with Crippen molar-refractivity contribution in [3.63, 3.8) is 0 Å². The van der Waals surface area contributed by atoms with Crippen LogP contribution in [0.2, 0.25) is 0 Å². The Balaban J connectivity index is 3.73. The number of aliphatic hydroxyl groups excluding tert-OH is 1. The zero-order valence-electron chi connectivity index (χ0n) is 36.0. The summed E-state index contributed by atoms with van der Waals surface area (Å²) in [5.74, 6) is -0.670. The number of unbranched alkanes of at least 4 members (excludes halogenated alkanes) is 8. The highest BCUT2D eigenvalue weighted by Gasteiger charge is 2.16. The van der Waals surface area contributed by atoms with Crippen LogP contribution in [0.4, 0.5) is 0 Å². The van der Waals surface area contributed by atoms with E-state index in [0.717, 1.165) is 109 Å². The van der Waals surface area contributed by atoms with Gasteiger partial charge in [-0.05, 0) is 109 Å². The van der Waals surface area contributed by atoms with Crippen LogP contribution >= 0.6 is 0 Å². The van der Waals surface area contributed by atoms with Crippen LogP contribution in [0.25, 0.3) is 0 Å². The summed E-state index contributed by atoms with van der Waals surface area (Å²) >= 11 is 0. The highest BCUT2D eigenvalue weighted by Crippen LogP contribution is 2.10. The summed E-state index contributed by atoms with van der Waals surface area (Å²) in [4.78, 5) is 24.2. The minimum atomic E-state index is -0.806. The molecule has 1 unspecified atom stereocenters. The average molecular weight is 785 g/mol. The third-order valence-corrected chi connectivity index (χ3v) is 8.66. The highest BCUT2D eigenvalue weighted by atomic mass is 16.6. The molecule has 0 aromatic carbocycles. The standard InChI is InChI=1S/C52H80O5/c1-3-5-7-9-11-13-15-16-17-18-19-20-21-22-23-24-25-26-27-28-29-30-31-32-33-34-35-36-37-39-41-43-45-47-52(55)57-50(48-53)49-56-51(54)46-44-42-40-38-14-12-10-8-6-4-2/h5,7-8,10-11,13,16-17,19-20,22-23,25-26,28-29,31-32,34-35,37,39,50,53H,3-4,6,9,12,14-15,18,21,24,27,30,33,36,38,40-49H2,1-2H3/b7-5-,10-8-,13-11-,17-16-,20-19-,23-22-,26-25-,29-28-,32-31-,35-34-,39-37-. The van der Waals surface area contributed by atoms with Gasteiger partial charge in [0.1, 0.15) is 6.61 Å². The molecule has 0 aliphatic rings. The van der Waals surface area contributed by atoms with Crippen LogP contribution in [0, 0.1) is 0 Å². The van der Waals surface area contributed by atoms with Gasteiger partial charge in [0.05, 0.1) is 6.61 Å². The van der Waals surface area contributed by atoms with Crippen molar-refractivity contribution in [2.45, 2.75) is 168 Å². The monoisotopic (exact) mass is 785 g/mol. The molecule has 5 heteroatoms. The van der Waals surface area contributed by atoms with Gasteiger partial charge in [0.15, 0.2) is 6.10 Å². The molecule has 0 rings (SSSR count). The Morgan fingerprint density at radius 3 is 1.19 bits per heavy atom. The van der Waals surface area contributed by atoms with Crippen molar-refractivity contribution < 1.29 is 24.2 Å². The Hall–Kier alpha value is -3.96. The van der Waals surface area contributed by atoms with Crippen LogP contribution in [-0.4, -0.2) is 36.4 Å². The van der Waals surface area contributed by atoms with E-state index in [0.29, 0.717) is 12.8 Å². The van der Waals surface area contributed by atoms with Crippen molar-refractivity contribution in [1.82, 2.24) is 0 Å². The number of hydrogen-bond donors (Lipinski definition) is 1. The van der Waals surface area contributed by atoms with Crippen molar-refractivity contribution in [2.24, 2.45) is 0 Å². The third-order valence-electron chi connectivity index (χ3n) is 8.66. The van der Waals surface area contributed by atoms with Gasteiger partial charge in [-0.3, -0.25) is 9.59 Å². The predicted octanol–water partition coefficient (Wildman–Crippen LogP) is 14.6. The van der Waals surface area contributed by atoms with Gasteiger partial charge in [0.25, 0.3) is 0 Å². The molecule has 0 aliphatic carbocycles. The van der Waals surface area contributed by atoms with Crippen LogP contribution in [-0.2, 0) is 19.1 Å². The van der Waals surface area contributed by atoms with E-state index in [9.17, 15) is 14.7 Å². The fraction of sp³-hybridized carbons (Fsp3) is 0.538. The van der Waals surface area contributed by atoms with Gasteiger partial charge >= 0.3 is 11.9 Å². The molecule has 318 valence electrons. The number of esters is 2. The van der Waals surface area contributed by atoms with Crippen LogP contribution in [0.3, 0.4) is 0 Å². The van der Waals surface area contributed by atoms with Crippen LogP contribution < -0.4 is 0 Å². The molecule has 1 N–H and O–H groups in total. The van der Waals surface area contributed by atoms with Gasteiger partial charge < -0.3 is 14.6 Å². The lowest BCUT2D eigenvalue weighted by Gasteiger charge is -2.15. The van der Waals surface area contributed by atoms with Crippen molar-refractivity contribution in [3.8, 4) is 0 Å². The molecular formula is C52H80O5. The number of allylic oxidation sites excluding steroid dienone is 22. The quantitative estimate of drug-likeness (QED) is 0.0383. The number of hydrogen-bond acceptors (Lipinski definition) is 5. The smallest absolute Gasteiger partial charge is 0.306 e. The SMILES string of the molecule is CC/C=C\C/C=C\C/C=C\C/C=C\C/C=C\C/C=C\C/C=C\C/C=C\C/C=C\C/C=C\CCCCC(=O)OC(CO)COC(=O)CCCCCCC/C=C\CCC. The zero-order valence-corrected chi connectivity index (χ0v) is 36.0. The molecular weight excluding hydrogens is 705 g/mol. The molecule has 57 heavy (non-hydrogen) atoms. The van der Waals surface area contributed by atoms with Crippen LogP contribution in [0.1, 0.15) is 162 Å². The fourth-order valence-electron chi connectivity index (χ4n) is 5.35. The van der Waals surface area contributed by atoms with Crippen molar-refractivity contribution in [2.75, 3.05) is 13.2 Å². The van der Waals surface area contributed by atoms with Gasteiger partial charge in [-0.15, -0.1) is 0 Å². The molecule has 5 nitrogen and oxygen atoms in total. The van der Waals surface area contributed by atoms with E-state index in [2.05, 4.69) is 148 Å². The molecule has 0 amide bonds. The minimum absolute atomic E-state index is 0.0972. The Bertz CT molecular complexity index is 1250. The van der Waals surface area contributed by atoms with E-state index in [1.165, 1.54) is 19.3 Å². The summed E-state index contributed by atoms with van der Waals surface area (Å²) < 4.78 is 10.5. The lowest BCUT2D eigenvalue weighted by atomic mass is 10.1. The lowest BCUT2D eigenvalue weighted by molar-refractivity contribution is -0.161. The molecule has 0 spiro atoms. The van der Waals surface area contributed by atoms with Gasteiger partial charge in [-0.2, -0.15) is 0 Å². The molecule has 0 aromatic heterocycles. The normalized spacial score (nSPS) is 13.5. The average Bonchev–Trinajstić information content (AvgIpc) is 3.21. The summed E-state index contributed by atoms with van der Waals surface area (Å²) in [6.45, 7) is 3.89. The molecule has 0 heterocycles. The first-order chi connectivity index (χ1) is 28.1. The maximum atomic E-state index is 12.2. The molecule has 0 radical (unpaired) electrons. The molecule has 0 saturated carbocycles. The first-order valence-electron chi connectivity index (χ1n) is 22.2. The van der Waals surface area contributed by atoms with Crippen molar-refractivity contribution >= 4 is 11.9 Å². The fourth-order valence-corrected chi connectivity index (χ4v) is 5.35. The van der Waals surface area contributed by atoms with Crippen LogP contribution in [0.15, 0.2) is 134 Å². The summed E-state index contributed by atoms with van der Waals surface area (Å²) in [5.41, 5.74) is 0. The molecule has 0 saturated heterocycles. The number of ether oxygens (including phenoxy) is 2. The summed E-state index contributed by atoms with van der Waals surface area (Å²) in [6, 6.07) is 0. The van der Waals surface area contributed by atoms with Gasteiger partial charge in [0, 0.05) is 12.8 Å². The first-order valence-corrected chi connectivity index (χ1v) is 22.2. The third kappa shape index (κ3) is 44.6. The number of rotatable bonds is 38. The second kappa shape index (κ2) is 46.4. The van der Waals surface area contributed by atoms with Gasteiger partial charge in [-0.1, -0.05) is 173 Å². The number of carbonyl (C=O) groups is 2. The van der Waals surface area contributed by atoms with E-state index < -0.39 is 6.10 Å². The molecule has 1 atom stereocenters. The number of carbonyl (C=O) groups excluding carboxylic acids is 2. The minimum Gasteiger partial charge on any atom is -0.462 e. The first kappa shape index (κ1) is 53.0. The summed E-state index contributed by atoms with van der Waals surface area (Å²) in [5, 5.41) is 9.54. The van der Waals surface area contributed by atoms with E-state index in [4.69, 9.17) is 9.47 Å². The van der Waals surface area contributed by atoms with E-state index >= 15 is 0 Å². The van der Waals surface area contributed by atoms with Gasteiger partial charge in [-0.25, -0.2) is 0 Å². The maximum Gasteiger partial charge on any atom is 0.306 e. The second-order valence-corrected chi connectivity index (χ2v) is 14.0. The molecule has 0 bridgehead atoms. The maximum absolute atomic E-state index is 12.2. The molecule has 0 aromatic rings. The van der Waals surface area contributed by atoms with Crippen molar-refractivity contribution in [3.05, 3.63) is 134 Å². The highest BCUT2D eigenvalue weighted by molar-refractivity contribution is 5.70. The van der Waals surface area contributed by atoms with Crippen molar-refractivity contribution in [1.29, 1.82) is 0 Å². The summed E-state index contributed by atoms with van der Waals surface area (Å²) in [6.07, 6.45) is 69.7. The lowest BCUT2D eigenvalue weighted by Crippen LogP contribution is -2.28. The molecule has 0 aliphatic heterocycles. The van der Waals surface area contributed by atoms with Crippen LogP contribution in [0.5, 0.6) is 0 Å². The van der Waals surface area contributed by atoms with E-state index in [1.54, 1.807) is 0 Å². The topological polar surface area (TPSA) is 72.8 Å². The van der Waals surface area contributed by atoms with Gasteiger partial charge in [0.2, 0.25) is 0 Å². The summed E-state index contributed by atoms with van der Waals surface area (Å²) in [7, 11) is 0. The number of aliphatic hydroxyl groups is 1. The van der Waals surface area contributed by atoms with E-state index in [1.807, 2.05) is 0 Å². The zero-order chi connectivity index (χ0) is 41.4. The Morgan fingerprint density at radius 2 is 0.754 bits per heavy atom.